The van der Waals surface area contributed by atoms with Gasteiger partial charge in [0.15, 0.2) is 5.82 Å². The molecule has 0 aliphatic carbocycles. The Hall–Kier alpha value is -4.08. The third-order valence-corrected chi connectivity index (χ3v) is 4.30. The predicted octanol–water partition coefficient (Wildman–Crippen LogP) is 1.74. The van der Waals surface area contributed by atoms with Gasteiger partial charge < -0.3 is 9.57 Å². The van der Waals surface area contributed by atoms with Gasteiger partial charge in [-0.1, -0.05) is 17.2 Å². The van der Waals surface area contributed by atoms with Crippen molar-refractivity contribution in [3.63, 3.8) is 0 Å². The molecule has 0 fully saturated rings. The number of nitrogens with zero attached hydrogens (tertiary/aromatic N) is 5. The molecule has 1 aliphatic heterocycles. The fourth-order valence-corrected chi connectivity index (χ4v) is 2.87. The number of imide groups is 1. The third-order valence-electron chi connectivity index (χ3n) is 4.30. The summed E-state index contributed by atoms with van der Waals surface area (Å²) in [5.41, 5.74) is 0.854. The Kier molecular flexibility index (Phi) is 4.51. The van der Waals surface area contributed by atoms with Crippen LogP contribution in [-0.4, -0.2) is 49.4 Å². The highest BCUT2D eigenvalue weighted by Gasteiger charge is 2.39. The highest BCUT2D eigenvalue weighted by atomic mass is 16.7. The molecule has 10 heteroatoms. The number of carbonyl (C=O) groups excluding carboxylic acids is 3. The molecule has 0 bridgehead atoms. The lowest BCUT2D eigenvalue weighted by Gasteiger charge is -2.12. The molecule has 1 aromatic carbocycles. The molecule has 0 spiro atoms. The first-order valence-corrected chi connectivity index (χ1v) is 8.73. The first kappa shape index (κ1) is 18.3. The molecule has 0 unspecified atom stereocenters. The minimum absolute atomic E-state index is 0.0808. The van der Waals surface area contributed by atoms with E-state index in [0.717, 1.165) is 0 Å². The second-order valence-corrected chi connectivity index (χ2v) is 6.05. The molecule has 0 N–H and O–H groups in total. The van der Waals surface area contributed by atoms with Gasteiger partial charge in [-0.05, 0) is 32.0 Å². The van der Waals surface area contributed by atoms with Crippen molar-refractivity contribution in [2.24, 2.45) is 0 Å². The quantitative estimate of drug-likeness (QED) is 0.602. The number of ether oxygens (including phenoxy) is 1. The number of aromatic nitrogens is 4. The van der Waals surface area contributed by atoms with Crippen molar-refractivity contribution < 1.29 is 24.0 Å². The van der Waals surface area contributed by atoms with Crippen LogP contribution in [0.5, 0.6) is 5.88 Å². The molecule has 3 aromatic rings. The number of amides is 2. The lowest BCUT2D eigenvalue weighted by molar-refractivity contribution is -0.0585. The van der Waals surface area contributed by atoms with Crippen molar-refractivity contribution in [3.05, 3.63) is 65.0 Å². The smallest absolute Gasteiger partial charge is 0.367 e. The predicted molar refractivity (Wildman–Crippen MR) is 97.4 cm³/mol. The molecular weight excluding hydrogens is 378 g/mol. The van der Waals surface area contributed by atoms with Gasteiger partial charge in [0.2, 0.25) is 5.88 Å². The number of hydroxylamine groups is 2. The summed E-state index contributed by atoms with van der Waals surface area (Å²) in [6.07, 6.45) is 1.27. The van der Waals surface area contributed by atoms with Crippen LogP contribution in [0.2, 0.25) is 0 Å². The van der Waals surface area contributed by atoms with E-state index in [0.29, 0.717) is 29.1 Å². The lowest BCUT2D eigenvalue weighted by atomic mass is 10.1. The SMILES string of the molecule is CCOc1ccc(-n2ncc(C(=O)ON3C(=O)c4ccccc4C3=O)c2C)nn1. The van der Waals surface area contributed by atoms with Gasteiger partial charge >= 0.3 is 5.97 Å². The van der Waals surface area contributed by atoms with E-state index in [9.17, 15) is 14.4 Å². The Labute approximate surface area is 164 Å². The average molecular weight is 393 g/mol. The first-order valence-electron chi connectivity index (χ1n) is 8.73. The molecule has 2 amide bonds. The summed E-state index contributed by atoms with van der Waals surface area (Å²) in [5.74, 6) is -1.54. The summed E-state index contributed by atoms with van der Waals surface area (Å²) in [7, 11) is 0. The molecular formula is C19H15N5O5. The van der Waals surface area contributed by atoms with Gasteiger partial charge in [0.1, 0.15) is 5.56 Å². The number of fused-ring (bicyclic) bond motifs is 1. The highest BCUT2D eigenvalue weighted by Crippen LogP contribution is 2.24. The molecule has 1 aliphatic rings. The number of carbonyl (C=O) groups is 3. The maximum absolute atomic E-state index is 12.6. The molecule has 29 heavy (non-hydrogen) atoms. The van der Waals surface area contributed by atoms with E-state index in [-0.39, 0.29) is 16.7 Å². The van der Waals surface area contributed by atoms with Crippen LogP contribution in [0.4, 0.5) is 0 Å². The Morgan fingerprint density at radius 2 is 1.72 bits per heavy atom. The third kappa shape index (κ3) is 3.10. The first-order chi connectivity index (χ1) is 14.0. The van der Waals surface area contributed by atoms with Gasteiger partial charge in [-0.2, -0.15) is 5.10 Å². The summed E-state index contributed by atoms with van der Waals surface area (Å²) in [6, 6.07) is 9.51. The minimum atomic E-state index is -0.887. The van der Waals surface area contributed by atoms with E-state index in [1.807, 2.05) is 6.92 Å². The molecule has 0 saturated carbocycles. The average Bonchev–Trinajstić information content (AvgIpc) is 3.23. The van der Waals surface area contributed by atoms with Crippen molar-refractivity contribution in [2.75, 3.05) is 6.61 Å². The molecule has 2 aromatic heterocycles. The molecule has 10 nitrogen and oxygen atoms in total. The molecule has 3 heterocycles. The van der Waals surface area contributed by atoms with Gasteiger partial charge in [-0.15, -0.1) is 10.2 Å². The van der Waals surface area contributed by atoms with Gasteiger partial charge in [-0.25, -0.2) is 9.48 Å². The second-order valence-electron chi connectivity index (χ2n) is 6.05. The zero-order chi connectivity index (χ0) is 20.5. The number of benzene rings is 1. The zero-order valence-corrected chi connectivity index (χ0v) is 15.5. The Bertz CT molecular complexity index is 1090. The van der Waals surface area contributed by atoms with Crippen molar-refractivity contribution in [1.82, 2.24) is 25.0 Å². The highest BCUT2D eigenvalue weighted by molar-refractivity contribution is 6.21. The van der Waals surface area contributed by atoms with Gasteiger partial charge in [0, 0.05) is 6.07 Å². The summed E-state index contributed by atoms with van der Waals surface area (Å²) in [6.45, 7) is 3.92. The van der Waals surface area contributed by atoms with E-state index in [2.05, 4.69) is 15.3 Å². The second kappa shape index (κ2) is 7.15. The molecule has 0 radical (unpaired) electrons. The normalized spacial score (nSPS) is 12.8. The van der Waals surface area contributed by atoms with Crippen LogP contribution in [-0.2, 0) is 4.84 Å². The number of rotatable bonds is 5. The summed E-state index contributed by atoms with van der Waals surface area (Å²) in [5, 5.41) is 12.5. The Morgan fingerprint density at radius 1 is 1.03 bits per heavy atom. The van der Waals surface area contributed by atoms with Crippen LogP contribution in [0.15, 0.2) is 42.6 Å². The van der Waals surface area contributed by atoms with E-state index in [1.54, 1.807) is 31.2 Å². The topological polar surface area (TPSA) is 117 Å². The van der Waals surface area contributed by atoms with Gasteiger partial charge in [0.25, 0.3) is 11.8 Å². The van der Waals surface area contributed by atoms with Crippen LogP contribution < -0.4 is 4.74 Å². The van der Waals surface area contributed by atoms with Crippen molar-refractivity contribution in [1.29, 1.82) is 0 Å². The minimum Gasteiger partial charge on any atom is -0.477 e. The molecule has 0 saturated heterocycles. The van der Waals surface area contributed by atoms with Crippen molar-refractivity contribution in [3.8, 4) is 11.7 Å². The molecule has 0 atom stereocenters. The molecule has 146 valence electrons. The van der Waals surface area contributed by atoms with Gasteiger partial charge in [0.05, 0.1) is 29.6 Å². The monoisotopic (exact) mass is 393 g/mol. The fourth-order valence-electron chi connectivity index (χ4n) is 2.87. The van der Waals surface area contributed by atoms with Crippen LogP contribution >= 0.6 is 0 Å². The Morgan fingerprint density at radius 3 is 2.31 bits per heavy atom. The fraction of sp³-hybridized carbons (Fsp3) is 0.158. The summed E-state index contributed by atoms with van der Waals surface area (Å²) in [4.78, 5) is 42.3. The van der Waals surface area contributed by atoms with Crippen LogP contribution in [0.3, 0.4) is 0 Å². The largest absolute Gasteiger partial charge is 0.477 e. The molecule has 4 rings (SSSR count). The summed E-state index contributed by atoms with van der Waals surface area (Å²) < 4.78 is 6.64. The maximum atomic E-state index is 12.6. The van der Waals surface area contributed by atoms with Crippen molar-refractivity contribution in [2.45, 2.75) is 13.8 Å². The summed E-state index contributed by atoms with van der Waals surface area (Å²) >= 11 is 0. The number of hydrogen-bond donors (Lipinski definition) is 0. The van der Waals surface area contributed by atoms with E-state index in [4.69, 9.17) is 9.57 Å². The Balaban J connectivity index is 1.55. The number of hydrogen-bond acceptors (Lipinski definition) is 8. The van der Waals surface area contributed by atoms with Crippen LogP contribution in [0.1, 0.15) is 43.7 Å². The van der Waals surface area contributed by atoms with E-state index in [1.165, 1.54) is 23.0 Å². The van der Waals surface area contributed by atoms with E-state index >= 15 is 0 Å². The standard InChI is InChI=1S/C19H15N5O5/c1-3-28-16-9-8-15(21-22-16)23-11(2)14(10-20-23)19(27)29-24-17(25)12-6-4-5-7-13(12)18(24)26/h4-10H,3H2,1-2H3. The zero-order valence-electron chi connectivity index (χ0n) is 15.5. The maximum Gasteiger partial charge on any atom is 0.367 e. The van der Waals surface area contributed by atoms with E-state index < -0.39 is 17.8 Å². The van der Waals surface area contributed by atoms with Gasteiger partial charge in [-0.3, -0.25) is 9.59 Å². The van der Waals surface area contributed by atoms with Crippen LogP contribution in [0.25, 0.3) is 5.82 Å². The lowest BCUT2D eigenvalue weighted by Crippen LogP contribution is -2.32. The van der Waals surface area contributed by atoms with Crippen molar-refractivity contribution >= 4 is 17.8 Å². The van der Waals surface area contributed by atoms with Crippen LogP contribution in [0, 0.1) is 6.92 Å².